The Hall–Kier alpha value is -1.41. The summed E-state index contributed by atoms with van der Waals surface area (Å²) >= 11 is 0. The largest absolute Gasteiger partial charge is 0.376 e. The maximum Gasteiger partial charge on any atom is 0.257 e. The summed E-state index contributed by atoms with van der Waals surface area (Å²) in [5, 5.41) is 6.07. The lowest BCUT2D eigenvalue weighted by atomic mass is 10.3. The van der Waals surface area contributed by atoms with Gasteiger partial charge in [0.1, 0.15) is 5.82 Å². The van der Waals surface area contributed by atoms with Crippen molar-refractivity contribution >= 4 is 29.8 Å². The van der Waals surface area contributed by atoms with Gasteiger partial charge >= 0.3 is 0 Å². The summed E-state index contributed by atoms with van der Waals surface area (Å²) in [6, 6.07) is 3.80. The van der Waals surface area contributed by atoms with E-state index in [9.17, 15) is 4.79 Å². The molecule has 2 aliphatic heterocycles. The minimum atomic E-state index is -0.548. The van der Waals surface area contributed by atoms with Gasteiger partial charge in [0.05, 0.1) is 31.7 Å². The molecule has 1 atom stereocenters. The predicted molar refractivity (Wildman–Crippen MR) is 85.8 cm³/mol. The monoisotopic (exact) mass is 328 g/mol. The minimum Gasteiger partial charge on any atom is -0.376 e. The van der Waals surface area contributed by atoms with Crippen molar-refractivity contribution in [2.24, 2.45) is 0 Å². The number of piperazine rings is 1. The van der Waals surface area contributed by atoms with E-state index in [0.29, 0.717) is 25.6 Å². The molecule has 1 aromatic heterocycles. The molecule has 1 aromatic rings. The van der Waals surface area contributed by atoms with Crippen molar-refractivity contribution in [3.8, 4) is 0 Å². The molecule has 0 bridgehead atoms. The van der Waals surface area contributed by atoms with Gasteiger partial charge in [0.15, 0.2) is 6.10 Å². The molecule has 0 saturated carbocycles. The number of amides is 1. The molecule has 0 radical (unpaired) electrons. The van der Waals surface area contributed by atoms with Gasteiger partial charge in [-0.2, -0.15) is 0 Å². The van der Waals surface area contributed by atoms with Crippen LogP contribution in [0.15, 0.2) is 18.3 Å². The Morgan fingerprint density at radius 1 is 1.32 bits per heavy atom. The minimum absolute atomic E-state index is 0. The van der Waals surface area contributed by atoms with Crippen LogP contribution in [0.25, 0.3) is 0 Å². The highest BCUT2D eigenvalue weighted by atomic mass is 35.5. The average molecular weight is 329 g/mol. The molecule has 22 heavy (non-hydrogen) atoms. The van der Waals surface area contributed by atoms with Crippen molar-refractivity contribution in [2.75, 3.05) is 56.2 Å². The number of ether oxygens (including phenoxy) is 2. The molecule has 2 saturated heterocycles. The maximum absolute atomic E-state index is 12.0. The highest BCUT2D eigenvalue weighted by Gasteiger charge is 2.23. The Morgan fingerprint density at radius 3 is 2.77 bits per heavy atom. The second-order valence-electron chi connectivity index (χ2n) is 5.06. The van der Waals surface area contributed by atoms with Crippen LogP contribution in [-0.4, -0.2) is 63.0 Å². The number of halogens is 1. The standard InChI is InChI=1S/C14H20N4O3.ClH/c19-14(12-10-20-7-8-21-12)17-13-2-1-11(9-16-13)18-5-3-15-4-6-18;/h1-2,9,12,15H,3-8,10H2,(H,16,17,19);1H. The normalized spacial score (nSPS) is 21.8. The number of carbonyl (C=O) groups is 1. The molecule has 0 spiro atoms. The first kappa shape index (κ1) is 17.0. The zero-order chi connectivity index (χ0) is 14.5. The van der Waals surface area contributed by atoms with Crippen LogP contribution in [0, 0.1) is 0 Å². The quantitative estimate of drug-likeness (QED) is 0.829. The fourth-order valence-electron chi connectivity index (χ4n) is 2.42. The lowest BCUT2D eigenvalue weighted by Crippen LogP contribution is -2.43. The summed E-state index contributed by atoms with van der Waals surface area (Å²) < 4.78 is 10.6. The van der Waals surface area contributed by atoms with Gasteiger partial charge in [-0.1, -0.05) is 0 Å². The van der Waals surface area contributed by atoms with E-state index in [2.05, 4.69) is 20.5 Å². The number of hydrogen-bond donors (Lipinski definition) is 2. The summed E-state index contributed by atoms with van der Waals surface area (Å²) in [4.78, 5) is 18.5. The van der Waals surface area contributed by atoms with Crippen molar-refractivity contribution in [2.45, 2.75) is 6.10 Å². The van der Waals surface area contributed by atoms with E-state index < -0.39 is 6.10 Å². The van der Waals surface area contributed by atoms with Crippen molar-refractivity contribution in [1.29, 1.82) is 0 Å². The maximum atomic E-state index is 12.0. The van der Waals surface area contributed by atoms with E-state index in [1.165, 1.54) is 0 Å². The van der Waals surface area contributed by atoms with Crippen LogP contribution in [0.1, 0.15) is 0 Å². The first-order chi connectivity index (χ1) is 10.3. The first-order valence-corrected chi connectivity index (χ1v) is 7.25. The Morgan fingerprint density at radius 2 is 2.14 bits per heavy atom. The van der Waals surface area contributed by atoms with Crippen molar-refractivity contribution in [3.05, 3.63) is 18.3 Å². The van der Waals surface area contributed by atoms with Gasteiger partial charge < -0.3 is 25.0 Å². The fourth-order valence-corrected chi connectivity index (χ4v) is 2.42. The molecule has 0 aliphatic carbocycles. The molecule has 3 heterocycles. The first-order valence-electron chi connectivity index (χ1n) is 7.25. The summed E-state index contributed by atoms with van der Waals surface area (Å²) in [5.74, 6) is 0.324. The molecule has 0 aromatic carbocycles. The van der Waals surface area contributed by atoms with Crippen LogP contribution < -0.4 is 15.5 Å². The number of rotatable bonds is 3. The summed E-state index contributed by atoms with van der Waals surface area (Å²) in [7, 11) is 0. The van der Waals surface area contributed by atoms with Crippen LogP contribution in [-0.2, 0) is 14.3 Å². The molecule has 3 rings (SSSR count). The van der Waals surface area contributed by atoms with Crippen LogP contribution in [0.5, 0.6) is 0 Å². The van der Waals surface area contributed by atoms with E-state index >= 15 is 0 Å². The number of aromatic nitrogens is 1. The molecule has 2 aliphatic rings. The Bertz CT molecular complexity index is 473. The lowest BCUT2D eigenvalue weighted by molar-refractivity contribution is -0.142. The number of anilines is 2. The highest BCUT2D eigenvalue weighted by molar-refractivity contribution is 5.93. The van der Waals surface area contributed by atoms with Gasteiger partial charge in [-0.05, 0) is 12.1 Å². The van der Waals surface area contributed by atoms with E-state index in [1.807, 2.05) is 12.1 Å². The van der Waals surface area contributed by atoms with Crippen LogP contribution >= 0.6 is 12.4 Å². The second kappa shape index (κ2) is 8.28. The van der Waals surface area contributed by atoms with Gasteiger partial charge in [0, 0.05) is 26.2 Å². The van der Waals surface area contributed by atoms with Gasteiger partial charge in [-0.25, -0.2) is 4.98 Å². The zero-order valence-electron chi connectivity index (χ0n) is 12.3. The van der Waals surface area contributed by atoms with E-state index in [-0.39, 0.29) is 18.3 Å². The molecule has 2 N–H and O–H groups in total. The molecular formula is C14H21ClN4O3. The molecule has 122 valence electrons. The van der Waals surface area contributed by atoms with Gasteiger partial charge in [0.2, 0.25) is 0 Å². The third-order valence-corrected chi connectivity index (χ3v) is 3.59. The predicted octanol–water partition coefficient (Wildman–Crippen LogP) is 0.267. The third kappa shape index (κ3) is 4.30. The summed E-state index contributed by atoms with van der Waals surface area (Å²) in [6.07, 6.45) is 1.24. The van der Waals surface area contributed by atoms with Gasteiger partial charge in [-0.15, -0.1) is 12.4 Å². The van der Waals surface area contributed by atoms with Crippen LogP contribution in [0.3, 0.4) is 0 Å². The molecule has 2 fully saturated rings. The Kier molecular flexibility index (Phi) is 6.38. The molecular weight excluding hydrogens is 308 g/mol. The number of hydrogen-bond acceptors (Lipinski definition) is 6. The number of nitrogens with one attached hydrogen (secondary N) is 2. The van der Waals surface area contributed by atoms with E-state index in [0.717, 1.165) is 31.9 Å². The van der Waals surface area contributed by atoms with Crippen LogP contribution in [0.2, 0.25) is 0 Å². The SMILES string of the molecule is Cl.O=C(Nc1ccc(N2CCNCC2)cn1)C1COCCO1. The highest BCUT2D eigenvalue weighted by Crippen LogP contribution is 2.16. The fraction of sp³-hybridized carbons (Fsp3) is 0.571. The Balaban J connectivity index is 0.00000176. The lowest BCUT2D eigenvalue weighted by Gasteiger charge is -2.29. The topological polar surface area (TPSA) is 75.7 Å². The third-order valence-electron chi connectivity index (χ3n) is 3.59. The number of pyridine rings is 1. The second-order valence-corrected chi connectivity index (χ2v) is 5.06. The van der Waals surface area contributed by atoms with Gasteiger partial charge in [-0.3, -0.25) is 4.79 Å². The molecule has 8 heteroatoms. The summed E-state index contributed by atoms with van der Waals surface area (Å²) in [5.41, 5.74) is 1.08. The molecule has 1 unspecified atom stereocenters. The van der Waals surface area contributed by atoms with E-state index in [1.54, 1.807) is 6.20 Å². The van der Waals surface area contributed by atoms with Crippen molar-refractivity contribution < 1.29 is 14.3 Å². The van der Waals surface area contributed by atoms with Crippen LogP contribution in [0.4, 0.5) is 11.5 Å². The Labute approximate surface area is 135 Å². The number of carbonyl (C=O) groups excluding carboxylic acids is 1. The summed E-state index contributed by atoms with van der Waals surface area (Å²) in [6.45, 7) is 5.20. The zero-order valence-corrected chi connectivity index (χ0v) is 13.1. The molecule has 1 amide bonds. The van der Waals surface area contributed by atoms with Crippen molar-refractivity contribution in [3.63, 3.8) is 0 Å². The smallest absolute Gasteiger partial charge is 0.257 e. The van der Waals surface area contributed by atoms with E-state index in [4.69, 9.17) is 9.47 Å². The van der Waals surface area contributed by atoms with Crippen molar-refractivity contribution in [1.82, 2.24) is 10.3 Å². The van der Waals surface area contributed by atoms with Gasteiger partial charge in [0.25, 0.3) is 5.91 Å². The number of nitrogens with zero attached hydrogens (tertiary/aromatic N) is 2. The molecule has 7 nitrogen and oxygen atoms in total. The average Bonchev–Trinajstić information content (AvgIpc) is 2.57.